The van der Waals surface area contributed by atoms with Gasteiger partial charge in [-0.2, -0.15) is 0 Å². The number of aliphatic carboxylic acids is 1. The zero-order valence-corrected chi connectivity index (χ0v) is 14.3. The molecule has 3 rings (SSSR count). The van der Waals surface area contributed by atoms with E-state index in [0.29, 0.717) is 17.3 Å². The standard InChI is InChI=1S/C17H21N5O3/c1-3-12-4-6-13(7-5-12)18-16(23)10-21-9-15-20-19-11(2)22(15)8-14(21)17(24)25/h4-7,14H,3,8-10H2,1-2H3,(H,18,23)(H,24,25). The highest BCUT2D eigenvalue weighted by molar-refractivity contribution is 5.92. The Labute approximate surface area is 145 Å². The Balaban J connectivity index is 1.69. The van der Waals surface area contributed by atoms with Gasteiger partial charge in [0.2, 0.25) is 5.91 Å². The minimum atomic E-state index is -0.959. The van der Waals surface area contributed by atoms with Gasteiger partial charge in [-0.05, 0) is 31.0 Å². The molecule has 1 amide bonds. The van der Waals surface area contributed by atoms with Gasteiger partial charge in [0, 0.05) is 5.69 Å². The molecule has 0 fully saturated rings. The van der Waals surface area contributed by atoms with Gasteiger partial charge in [-0.3, -0.25) is 14.5 Å². The Morgan fingerprint density at radius 3 is 2.64 bits per heavy atom. The van der Waals surface area contributed by atoms with Gasteiger partial charge in [0.1, 0.15) is 17.7 Å². The van der Waals surface area contributed by atoms with Crippen molar-refractivity contribution >= 4 is 17.6 Å². The first-order chi connectivity index (χ1) is 12.0. The summed E-state index contributed by atoms with van der Waals surface area (Å²) in [7, 11) is 0. The maximum atomic E-state index is 12.3. The van der Waals surface area contributed by atoms with E-state index >= 15 is 0 Å². The summed E-state index contributed by atoms with van der Waals surface area (Å²) in [6.07, 6.45) is 0.933. The number of rotatable bonds is 5. The molecule has 0 spiro atoms. The van der Waals surface area contributed by atoms with E-state index in [0.717, 1.165) is 6.42 Å². The van der Waals surface area contributed by atoms with Gasteiger partial charge in [-0.25, -0.2) is 0 Å². The lowest BCUT2D eigenvalue weighted by atomic mass is 10.1. The number of amides is 1. The van der Waals surface area contributed by atoms with Crippen LogP contribution in [0, 0.1) is 6.92 Å². The SMILES string of the molecule is CCc1ccc(NC(=O)CN2Cc3nnc(C)n3CC2C(=O)O)cc1. The smallest absolute Gasteiger partial charge is 0.322 e. The van der Waals surface area contributed by atoms with Crippen LogP contribution in [0.2, 0.25) is 0 Å². The Kier molecular flexibility index (Phi) is 4.80. The van der Waals surface area contributed by atoms with Crippen molar-refractivity contribution in [2.24, 2.45) is 0 Å². The quantitative estimate of drug-likeness (QED) is 0.842. The molecule has 0 saturated carbocycles. The van der Waals surface area contributed by atoms with Gasteiger partial charge in [0.25, 0.3) is 0 Å². The predicted molar refractivity (Wildman–Crippen MR) is 91.0 cm³/mol. The number of anilines is 1. The maximum Gasteiger partial charge on any atom is 0.322 e. The first-order valence-corrected chi connectivity index (χ1v) is 8.22. The van der Waals surface area contributed by atoms with Crippen molar-refractivity contribution in [3.05, 3.63) is 41.5 Å². The molecule has 1 aliphatic rings. The Hall–Kier alpha value is -2.74. The summed E-state index contributed by atoms with van der Waals surface area (Å²) in [5.41, 5.74) is 1.89. The first kappa shape index (κ1) is 17.1. The Bertz CT molecular complexity index is 784. The number of nitrogens with one attached hydrogen (secondary N) is 1. The maximum absolute atomic E-state index is 12.3. The van der Waals surface area contributed by atoms with Crippen LogP contribution in [0.25, 0.3) is 0 Å². The second-order valence-electron chi connectivity index (χ2n) is 6.13. The van der Waals surface area contributed by atoms with Crippen LogP contribution in [0.3, 0.4) is 0 Å². The van der Waals surface area contributed by atoms with Crippen LogP contribution in [-0.2, 0) is 29.1 Å². The number of carbonyl (C=O) groups is 2. The predicted octanol–water partition coefficient (Wildman–Crippen LogP) is 1.06. The van der Waals surface area contributed by atoms with Gasteiger partial charge in [0.05, 0.1) is 19.6 Å². The number of hydrogen-bond acceptors (Lipinski definition) is 5. The minimum Gasteiger partial charge on any atom is -0.480 e. The molecule has 0 radical (unpaired) electrons. The number of fused-ring (bicyclic) bond motifs is 1. The fraction of sp³-hybridized carbons (Fsp3) is 0.412. The van der Waals surface area contributed by atoms with Gasteiger partial charge >= 0.3 is 5.97 Å². The zero-order chi connectivity index (χ0) is 18.0. The second-order valence-corrected chi connectivity index (χ2v) is 6.13. The summed E-state index contributed by atoms with van der Waals surface area (Å²) in [5, 5.41) is 20.3. The highest BCUT2D eigenvalue weighted by Crippen LogP contribution is 2.18. The molecule has 8 nitrogen and oxygen atoms in total. The largest absolute Gasteiger partial charge is 0.480 e. The molecule has 2 N–H and O–H groups in total. The third-order valence-corrected chi connectivity index (χ3v) is 4.43. The fourth-order valence-corrected chi connectivity index (χ4v) is 2.97. The third-order valence-electron chi connectivity index (χ3n) is 4.43. The molecular weight excluding hydrogens is 322 g/mol. The monoisotopic (exact) mass is 343 g/mol. The number of carboxylic acids is 1. The summed E-state index contributed by atoms with van der Waals surface area (Å²) in [6.45, 7) is 4.36. The summed E-state index contributed by atoms with van der Waals surface area (Å²) < 4.78 is 1.79. The van der Waals surface area contributed by atoms with Crippen LogP contribution in [0.1, 0.15) is 24.1 Å². The molecule has 2 heterocycles. The van der Waals surface area contributed by atoms with Crippen molar-refractivity contribution in [1.82, 2.24) is 19.7 Å². The van der Waals surface area contributed by atoms with E-state index in [2.05, 4.69) is 22.4 Å². The fourth-order valence-electron chi connectivity index (χ4n) is 2.97. The number of carboxylic acid groups (broad SMARTS) is 1. The van der Waals surface area contributed by atoms with Crippen LogP contribution in [0.5, 0.6) is 0 Å². The Morgan fingerprint density at radius 1 is 1.28 bits per heavy atom. The van der Waals surface area contributed by atoms with E-state index in [-0.39, 0.29) is 25.5 Å². The van der Waals surface area contributed by atoms with Gasteiger partial charge in [-0.1, -0.05) is 19.1 Å². The van der Waals surface area contributed by atoms with Crippen molar-refractivity contribution in [3.63, 3.8) is 0 Å². The van der Waals surface area contributed by atoms with E-state index in [1.54, 1.807) is 16.4 Å². The van der Waals surface area contributed by atoms with Crippen molar-refractivity contribution < 1.29 is 14.7 Å². The lowest BCUT2D eigenvalue weighted by Gasteiger charge is -2.32. The van der Waals surface area contributed by atoms with Crippen LogP contribution in [0.4, 0.5) is 5.69 Å². The van der Waals surface area contributed by atoms with Crippen LogP contribution < -0.4 is 5.32 Å². The molecule has 132 valence electrons. The van der Waals surface area contributed by atoms with Crippen LogP contribution >= 0.6 is 0 Å². The molecule has 2 aromatic rings. The molecule has 1 unspecified atom stereocenters. The van der Waals surface area contributed by atoms with Gasteiger partial charge in [0.15, 0.2) is 0 Å². The van der Waals surface area contributed by atoms with E-state index in [1.807, 2.05) is 24.3 Å². The summed E-state index contributed by atoms with van der Waals surface area (Å²) >= 11 is 0. The highest BCUT2D eigenvalue weighted by Gasteiger charge is 2.34. The molecule has 1 aromatic carbocycles. The number of aromatic nitrogens is 3. The average Bonchev–Trinajstić information content (AvgIpc) is 2.95. The number of carbonyl (C=O) groups excluding carboxylic acids is 1. The van der Waals surface area contributed by atoms with Crippen LogP contribution in [-0.4, -0.2) is 49.2 Å². The lowest BCUT2D eigenvalue weighted by Crippen LogP contribution is -2.50. The number of hydrogen-bond donors (Lipinski definition) is 2. The molecule has 0 aliphatic carbocycles. The minimum absolute atomic E-state index is 0.0155. The third kappa shape index (κ3) is 3.69. The number of nitrogens with zero attached hydrogens (tertiary/aromatic N) is 4. The van der Waals surface area contributed by atoms with Gasteiger partial charge in [-0.15, -0.1) is 10.2 Å². The molecule has 0 saturated heterocycles. The normalized spacial score (nSPS) is 17.1. The van der Waals surface area contributed by atoms with E-state index in [4.69, 9.17) is 0 Å². The number of benzene rings is 1. The van der Waals surface area contributed by atoms with E-state index in [9.17, 15) is 14.7 Å². The van der Waals surface area contributed by atoms with E-state index in [1.165, 1.54) is 5.56 Å². The summed E-state index contributed by atoms with van der Waals surface area (Å²) in [4.78, 5) is 25.5. The average molecular weight is 343 g/mol. The topological polar surface area (TPSA) is 100 Å². The van der Waals surface area contributed by atoms with Crippen molar-refractivity contribution in [2.75, 3.05) is 11.9 Å². The van der Waals surface area contributed by atoms with E-state index < -0.39 is 12.0 Å². The molecule has 25 heavy (non-hydrogen) atoms. The number of aryl methyl sites for hydroxylation is 2. The van der Waals surface area contributed by atoms with Crippen molar-refractivity contribution in [2.45, 2.75) is 39.4 Å². The molecule has 8 heteroatoms. The second kappa shape index (κ2) is 7.02. The zero-order valence-electron chi connectivity index (χ0n) is 14.3. The van der Waals surface area contributed by atoms with Crippen LogP contribution in [0.15, 0.2) is 24.3 Å². The van der Waals surface area contributed by atoms with Gasteiger partial charge < -0.3 is 15.0 Å². The molecule has 1 aliphatic heterocycles. The molecule has 0 bridgehead atoms. The van der Waals surface area contributed by atoms with Crippen molar-refractivity contribution in [1.29, 1.82) is 0 Å². The summed E-state index contributed by atoms with van der Waals surface area (Å²) in [5.74, 6) is 0.149. The lowest BCUT2D eigenvalue weighted by molar-refractivity contribution is -0.145. The molecule has 1 atom stereocenters. The van der Waals surface area contributed by atoms with Crippen molar-refractivity contribution in [3.8, 4) is 0 Å². The molecular formula is C17H21N5O3. The Morgan fingerprint density at radius 2 is 2.00 bits per heavy atom. The first-order valence-electron chi connectivity index (χ1n) is 8.22. The molecule has 1 aromatic heterocycles. The summed E-state index contributed by atoms with van der Waals surface area (Å²) in [6, 6.07) is 6.84. The highest BCUT2D eigenvalue weighted by atomic mass is 16.4.